The van der Waals surface area contributed by atoms with Gasteiger partial charge in [0.15, 0.2) is 0 Å². The second kappa shape index (κ2) is 9.39. The summed E-state index contributed by atoms with van der Waals surface area (Å²) >= 11 is 0. The van der Waals surface area contributed by atoms with Crippen molar-refractivity contribution >= 4 is 12.0 Å². The maximum Gasteiger partial charge on any atom is 0.247 e. The van der Waals surface area contributed by atoms with Crippen LogP contribution in [0.2, 0.25) is 0 Å². The van der Waals surface area contributed by atoms with Gasteiger partial charge in [-0.05, 0) is 48.8 Å². The topological polar surface area (TPSA) is 20.3 Å². The van der Waals surface area contributed by atoms with Crippen LogP contribution in [0.25, 0.3) is 6.08 Å². The lowest BCUT2D eigenvalue weighted by Gasteiger charge is -2.41. The van der Waals surface area contributed by atoms with Crippen LogP contribution in [-0.4, -0.2) is 22.9 Å². The van der Waals surface area contributed by atoms with Gasteiger partial charge in [0.05, 0.1) is 0 Å². The van der Waals surface area contributed by atoms with Crippen molar-refractivity contribution in [1.82, 2.24) is 4.90 Å². The Kier molecular flexibility index (Phi) is 6.93. The van der Waals surface area contributed by atoms with Gasteiger partial charge in [0.25, 0.3) is 0 Å². The Morgan fingerprint density at radius 2 is 1.38 bits per heavy atom. The van der Waals surface area contributed by atoms with Gasteiger partial charge < -0.3 is 4.90 Å². The zero-order chi connectivity index (χ0) is 18.4. The van der Waals surface area contributed by atoms with Gasteiger partial charge in [-0.25, -0.2) is 0 Å². The van der Waals surface area contributed by atoms with E-state index in [2.05, 4.69) is 43.0 Å². The normalized spacial score (nSPS) is 20.0. The number of carbonyl (C=O) groups is 1. The summed E-state index contributed by atoms with van der Waals surface area (Å²) in [5.74, 6) is 0.777. The van der Waals surface area contributed by atoms with Gasteiger partial charge in [0, 0.05) is 18.2 Å². The summed E-state index contributed by atoms with van der Waals surface area (Å²) in [6.45, 7) is 4.42. The molecule has 1 amide bonds. The predicted octanol–water partition coefficient (Wildman–Crippen LogP) is 6.32. The van der Waals surface area contributed by atoms with E-state index < -0.39 is 0 Å². The molecule has 2 heteroatoms. The van der Waals surface area contributed by atoms with E-state index in [1.165, 1.54) is 69.8 Å². The molecule has 0 bridgehead atoms. The highest BCUT2D eigenvalue weighted by atomic mass is 16.2. The number of rotatable bonds is 5. The molecule has 0 saturated heterocycles. The first-order chi connectivity index (χ1) is 12.6. The number of hydrogen-bond acceptors (Lipinski definition) is 1. The first-order valence-corrected chi connectivity index (χ1v) is 10.8. The van der Waals surface area contributed by atoms with Gasteiger partial charge in [0.2, 0.25) is 5.91 Å². The molecule has 1 aromatic carbocycles. The fraction of sp³-hybridized carbons (Fsp3) is 0.625. The molecule has 2 nitrogen and oxygen atoms in total. The van der Waals surface area contributed by atoms with Crippen LogP contribution in [0.1, 0.15) is 95.1 Å². The van der Waals surface area contributed by atoms with E-state index >= 15 is 0 Å². The third-order valence-electron chi connectivity index (χ3n) is 6.21. The van der Waals surface area contributed by atoms with E-state index in [4.69, 9.17) is 0 Å². The van der Waals surface area contributed by atoms with Crippen LogP contribution >= 0.6 is 0 Å². The van der Waals surface area contributed by atoms with E-state index in [0.29, 0.717) is 18.0 Å². The third-order valence-corrected chi connectivity index (χ3v) is 6.21. The molecule has 0 aliphatic heterocycles. The summed E-state index contributed by atoms with van der Waals surface area (Å²) in [7, 11) is 0. The predicted molar refractivity (Wildman–Crippen MR) is 110 cm³/mol. The second-order valence-corrected chi connectivity index (χ2v) is 8.48. The van der Waals surface area contributed by atoms with Gasteiger partial charge in [-0.2, -0.15) is 0 Å². The number of nitrogens with zero attached hydrogens (tertiary/aromatic N) is 1. The molecule has 0 unspecified atom stereocenters. The smallest absolute Gasteiger partial charge is 0.247 e. The Hall–Kier alpha value is -1.57. The molecule has 142 valence electrons. The molecule has 2 saturated carbocycles. The number of amides is 1. The number of hydrogen-bond donors (Lipinski definition) is 0. The highest BCUT2D eigenvalue weighted by Crippen LogP contribution is 2.30. The van der Waals surface area contributed by atoms with Crippen molar-refractivity contribution in [1.29, 1.82) is 0 Å². The summed E-state index contributed by atoms with van der Waals surface area (Å²) in [5, 5.41) is 0. The summed E-state index contributed by atoms with van der Waals surface area (Å²) in [6.07, 6.45) is 16.4. The first-order valence-electron chi connectivity index (χ1n) is 10.8. The lowest BCUT2D eigenvalue weighted by molar-refractivity contribution is -0.132. The Balaban J connectivity index is 1.71. The molecule has 0 aromatic heterocycles. The first kappa shape index (κ1) is 19.2. The minimum Gasteiger partial charge on any atom is -0.333 e. The average molecular weight is 354 g/mol. The highest BCUT2D eigenvalue weighted by Gasteiger charge is 2.31. The van der Waals surface area contributed by atoms with Crippen molar-refractivity contribution in [2.75, 3.05) is 0 Å². The van der Waals surface area contributed by atoms with Crippen molar-refractivity contribution in [3.8, 4) is 0 Å². The van der Waals surface area contributed by atoms with Crippen LogP contribution in [0.5, 0.6) is 0 Å². The standard InChI is InChI=1S/C24H35NO/c1-19(2)21-16-13-20(14-17-21)15-18-24(26)25(22-9-5-3-6-10-22)23-11-7-4-8-12-23/h13-19,22-23H,3-12H2,1-2H3. The zero-order valence-corrected chi connectivity index (χ0v) is 16.6. The molecule has 1 aromatic rings. The Bertz CT molecular complexity index is 571. The summed E-state index contributed by atoms with van der Waals surface area (Å²) < 4.78 is 0. The minimum absolute atomic E-state index is 0.233. The molecule has 0 spiro atoms. The van der Waals surface area contributed by atoms with Gasteiger partial charge >= 0.3 is 0 Å². The van der Waals surface area contributed by atoms with Crippen molar-refractivity contribution in [3.05, 3.63) is 41.5 Å². The molecule has 2 aliphatic carbocycles. The lowest BCUT2D eigenvalue weighted by atomic mass is 9.88. The quantitative estimate of drug-likeness (QED) is 0.567. The highest BCUT2D eigenvalue weighted by molar-refractivity contribution is 5.92. The maximum atomic E-state index is 13.1. The van der Waals surface area contributed by atoms with Crippen molar-refractivity contribution < 1.29 is 4.79 Å². The fourth-order valence-corrected chi connectivity index (χ4v) is 4.62. The van der Waals surface area contributed by atoms with Crippen LogP contribution in [-0.2, 0) is 4.79 Å². The molecule has 2 aliphatic rings. The van der Waals surface area contributed by atoms with Gasteiger partial charge in [-0.1, -0.05) is 76.6 Å². The Morgan fingerprint density at radius 1 is 0.885 bits per heavy atom. The van der Waals surface area contributed by atoms with Crippen LogP contribution in [0.3, 0.4) is 0 Å². The molecule has 0 heterocycles. The maximum absolute atomic E-state index is 13.1. The zero-order valence-electron chi connectivity index (χ0n) is 16.6. The van der Waals surface area contributed by atoms with Crippen LogP contribution in [0, 0.1) is 0 Å². The molecular weight excluding hydrogens is 318 g/mol. The molecule has 0 radical (unpaired) electrons. The largest absolute Gasteiger partial charge is 0.333 e. The molecule has 2 fully saturated rings. The van der Waals surface area contributed by atoms with Crippen LogP contribution < -0.4 is 0 Å². The van der Waals surface area contributed by atoms with E-state index in [9.17, 15) is 4.79 Å². The fourth-order valence-electron chi connectivity index (χ4n) is 4.62. The number of benzene rings is 1. The van der Waals surface area contributed by atoms with Crippen LogP contribution in [0.4, 0.5) is 0 Å². The average Bonchev–Trinajstić information content (AvgIpc) is 2.68. The van der Waals surface area contributed by atoms with Crippen molar-refractivity contribution in [2.24, 2.45) is 0 Å². The SMILES string of the molecule is CC(C)c1ccc(C=CC(=O)N(C2CCCCC2)C2CCCCC2)cc1. The van der Waals surface area contributed by atoms with E-state index in [0.717, 1.165) is 5.56 Å². The Morgan fingerprint density at radius 3 is 1.85 bits per heavy atom. The molecule has 3 rings (SSSR count). The van der Waals surface area contributed by atoms with E-state index in [-0.39, 0.29) is 5.91 Å². The van der Waals surface area contributed by atoms with Crippen molar-refractivity contribution in [3.63, 3.8) is 0 Å². The minimum atomic E-state index is 0.233. The molecule has 0 N–H and O–H groups in total. The van der Waals surface area contributed by atoms with Gasteiger partial charge in [0.1, 0.15) is 0 Å². The summed E-state index contributed by atoms with van der Waals surface area (Å²) in [6, 6.07) is 9.54. The van der Waals surface area contributed by atoms with Gasteiger partial charge in [-0.15, -0.1) is 0 Å². The van der Waals surface area contributed by atoms with Crippen LogP contribution in [0.15, 0.2) is 30.3 Å². The Labute approximate surface area is 159 Å². The molecule has 26 heavy (non-hydrogen) atoms. The van der Waals surface area contributed by atoms with Gasteiger partial charge in [-0.3, -0.25) is 4.79 Å². The summed E-state index contributed by atoms with van der Waals surface area (Å²) in [5.41, 5.74) is 2.47. The molecule has 0 atom stereocenters. The number of carbonyl (C=O) groups excluding carboxylic acids is 1. The lowest BCUT2D eigenvalue weighted by Crippen LogP contribution is -2.48. The second-order valence-electron chi connectivity index (χ2n) is 8.48. The molecular formula is C24H35NO. The van der Waals surface area contributed by atoms with E-state index in [1.54, 1.807) is 0 Å². The summed E-state index contributed by atoms with van der Waals surface area (Å²) in [4.78, 5) is 15.4. The van der Waals surface area contributed by atoms with Crippen molar-refractivity contribution in [2.45, 2.75) is 96.1 Å². The third kappa shape index (κ3) is 4.99. The monoisotopic (exact) mass is 353 g/mol. The van der Waals surface area contributed by atoms with E-state index in [1.807, 2.05) is 12.2 Å².